The summed E-state index contributed by atoms with van der Waals surface area (Å²) >= 11 is 0. The summed E-state index contributed by atoms with van der Waals surface area (Å²) in [6.07, 6.45) is 6.47. The normalized spacial score (nSPS) is 15.0. The monoisotopic (exact) mass is 1750 g/mol. The summed E-state index contributed by atoms with van der Waals surface area (Å²) in [6.45, 7) is 103. The van der Waals surface area contributed by atoms with E-state index in [2.05, 4.69) is 488 Å². The summed E-state index contributed by atoms with van der Waals surface area (Å²) < 4.78 is 1.83. The minimum absolute atomic E-state index is 0. The molecule has 13 heteroatoms. The molecule has 1 aliphatic carbocycles. The van der Waals surface area contributed by atoms with Crippen molar-refractivity contribution < 1.29 is 0 Å². The zero-order valence-corrected chi connectivity index (χ0v) is 89.0. The van der Waals surface area contributed by atoms with Crippen LogP contribution in [0.3, 0.4) is 0 Å². The average molecular weight is 1750 g/mol. The van der Waals surface area contributed by atoms with Crippen LogP contribution in [0.5, 0.6) is 0 Å². The lowest BCUT2D eigenvalue weighted by molar-refractivity contribution is 0.112. The zero-order chi connectivity index (χ0) is 96.4. The van der Waals surface area contributed by atoms with Gasteiger partial charge in [0.25, 0.3) is 0 Å². The summed E-state index contributed by atoms with van der Waals surface area (Å²) in [5.74, 6) is 0. The van der Waals surface area contributed by atoms with Crippen molar-refractivity contribution in [1.82, 2.24) is 56.0 Å². The Labute approximate surface area is 785 Å². The van der Waals surface area contributed by atoms with Gasteiger partial charge in [0.15, 0.2) is 0 Å². The second kappa shape index (κ2) is 57.3. The Bertz CT molecular complexity index is 3950. The Hall–Kier alpha value is -7.01. The first-order valence-electron chi connectivity index (χ1n) is 48.2. The number of hydrogen-bond donors (Lipinski definition) is 7. The van der Waals surface area contributed by atoms with Crippen LogP contribution >= 0.6 is 0 Å². The van der Waals surface area contributed by atoms with Gasteiger partial charge in [0.05, 0.1) is 6.20 Å². The summed E-state index contributed by atoms with van der Waals surface area (Å²) in [7, 11) is 1.94. The summed E-state index contributed by atoms with van der Waals surface area (Å²) in [6, 6.07) is 62.6. The van der Waals surface area contributed by atoms with Crippen LogP contribution in [0.25, 0.3) is 11.1 Å². The van der Waals surface area contributed by atoms with Crippen molar-refractivity contribution in [2.45, 2.75) is 378 Å². The predicted octanol–water partition coefficient (Wildman–Crippen LogP) is 28.2. The zero-order valence-electron chi connectivity index (χ0n) is 89.0. The quantitative estimate of drug-likeness (QED) is 0.0471. The largest absolute Gasteiger partial charge is 0.380 e. The second-order valence-corrected chi connectivity index (χ2v) is 42.8. The molecule has 1 aromatic heterocycles. The van der Waals surface area contributed by atoms with Gasteiger partial charge in [0.2, 0.25) is 0 Å². The number of nitrogens with one attached hydrogen (secondary N) is 7. The fourth-order valence-corrected chi connectivity index (χ4v) is 14.9. The van der Waals surface area contributed by atoms with E-state index in [0.717, 1.165) is 11.6 Å². The predicted molar refractivity (Wildman–Crippen MR) is 569 cm³/mol. The van der Waals surface area contributed by atoms with Crippen LogP contribution in [0, 0.1) is 41.5 Å². The van der Waals surface area contributed by atoms with E-state index < -0.39 is 0 Å². The summed E-state index contributed by atoms with van der Waals surface area (Å²) in [5.41, 5.74) is 20.8. The molecule has 3 heterocycles. The molecule has 2 saturated heterocycles. The number of aryl methyl sites for hydroxylation is 7. The van der Waals surface area contributed by atoms with Gasteiger partial charge < -0.3 is 51.9 Å². The molecule has 13 nitrogen and oxygen atoms in total. The van der Waals surface area contributed by atoms with E-state index >= 15 is 0 Å². The second-order valence-electron chi connectivity index (χ2n) is 42.8. The van der Waals surface area contributed by atoms with E-state index in [4.69, 9.17) is 0 Å². The SMILES string of the molecule is C.CC.CC.CC(NC(C)(C)C)c1ccc(-c2cnn(C)c2)cc1.CCN1CCN(C(C)C)CC1.CCN1CCN(CC)CC1.Cc1ccc(C(C)(C)NC(C)(C)C)cc1.Cc1ccc(C2(NC(C)(C)C)CC2)cc1.Cc1ccc(NC(C)(C)C)cc1.Cc1ccc([C@@H](C)NC(C)(C)C)cc1.Cc1ccc([C@H](C)NC(C)(C)C)cc1.Cc1cccc(NC(C)(C)C)c1. The molecule has 127 heavy (non-hydrogen) atoms. The van der Waals surface area contributed by atoms with E-state index in [-0.39, 0.29) is 57.3 Å². The van der Waals surface area contributed by atoms with Crippen LogP contribution in [0.15, 0.2) is 182 Å². The Morgan fingerprint density at radius 2 is 0.677 bits per heavy atom. The van der Waals surface area contributed by atoms with E-state index in [9.17, 15) is 0 Å². The molecule has 0 bridgehead atoms. The third-order valence-corrected chi connectivity index (χ3v) is 21.0. The number of hydrogen-bond acceptors (Lipinski definition) is 12. The summed E-state index contributed by atoms with van der Waals surface area (Å²) in [5, 5.41) is 29.1. The molecule has 3 aliphatic rings. The highest BCUT2D eigenvalue weighted by atomic mass is 15.3. The van der Waals surface area contributed by atoms with Crippen LogP contribution < -0.4 is 37.2 Å². The molecule has 3 fully saturated rings. The number of aromatic nitrogens is 2. The minimum Gasteiger partial charge on any atom is -0.380 e. The molecule has 1 saturated carbocycles. The van der Waals surface area contributed by atoms with Crippen molar-refractivity contribution in [2.75, 3.05) is 82.6 Å². The molecule has 7 aromatic carbocycles. The standard InChI is InChI=1S/C16H23N3.C14H21N.C14H23N.2C13H21N.2C11H17N.C9H20N2.C8H18N2.2C2H6.CH4/c1-12(18-16(2,3)4)13-6-8-14(9-7-13)15-10-17-19(5)11-15;1-11-5-7-12(8-6-11)14(9-10-14)15-13(2,3)4;1-11-7-9-12(10-8-11)14(5,6)15-13(2,3)4;2*1-10-6-8-12(9-7-10)11(2)14-13(3,4)5;1-9-5-7-10(8-6-9)12-11(2,3)4;1-9-6-5-7-10(8-9)12-11(2,3)4;1-4-10-5-7-11(8-6-10)9(2)3;1-3-9-5-7-10(4-2)8-6-9;2*1-2;/h6-12,18H,1-5H3;5-8,15H,9-10H2,1-4H3;7-10,15H,1-6H3;2*6-9,11,14H,1-5H3;2*5-8,12H,1-4H3;9H,4-8H2,1-3H3;3-8H2,1-2H3;2*1-2H3;1H4/t;;;2*11-;;;;;;;/m...10......./s1. The first-order valence-corrected chi connectivity index (χ1v) is 48.2. The highest BCUT2D eigenvalue weighted by Gasteiger charge is 2.46. The van der Waals surface area contributed by atoms with Crippen molar-refractivity contribution in [1.29, 1.82) is 0 Å². The molecule has 0 radical (unpaired) electrons. The smallest absolute Gasteiger partial charge is 0.0568 e. The van der Waals surface area contributed by atoms with Crippen molar-refractivity contribution in [3.63, 3.8) is 0 Å². The van der Waals surface area contributed by atoms with Crippen molar-refractivity contribution in [2.24, 2.45) is 7.05 Å². The lowest BCUT2D eigenvalue weighted by Crippen LogP contribution is -2.48. The number of nitrogens with zero attached hydrogens (tertiary/aromatic N) is 6. The molecular weight excluding hydrogens is 1550 g/mol. The highest BCUT2D eigenvalue weighted by Crippen LogP contribution is 2.47. The summed E-state index contributed by atoms with van der Waals surface area (Å²) in [4.78, 5) is 10.1. The third kappa shape index (κ3) is 55.1. The molecule has 7 N–H and O–H groups in total. The lowest BCUT2D eigenvalue weighted by atomic mass is 9.90. The number of benzene rings is 7. The number of piperazine rings is 2. The average Bonchev–Trinajstić information content (AvgIpc) is 1.61. The fourth-order valence-electron chi connectivity index (χ4n) is 14.9. The molecule has 8 aromatic rings. The van der Waals surface area contributed by atoms with Gasteiger partial charge in [-0.05, 0) is 331 Å². The van der Waals surface area contributed by atoms with Gasteiger partial charge in [0, 0.05) is 157 Å². The number of rotatable bonds is 17. The Balaban J connectivity index is 0.00000140. The van der Waals surface area contributed by atoms with Gasteiger partial charge >= 0.3 is 0 Å². The minimum atomic E-state index is 0. The van der Waals surface area contributed by atoms with Crippen molar-refractivity contribution in [3.8, 4) is 11.1 Å². The lowest BCUT2D eigenvalue weighted by Gasteiger charge is -2.36. The molecule has 0 amide bonds. The number of anilines is 2. The van der Waals surface area contributed by atoms with Crippen LogP contribution in [0.4, 0.5) is 11.4 Å². The first-order chi connectivity index (χ1) is 58.3. The van der Waals surface area contributed by atoms with E-state index in [1.54, 1.807) is 0 Å². The number of likely N-dealkylation sites (N-methyl/N-ethyl adjacent to an activating group) is 3. The van der Waals surface area contributed by atoms with Crippen LogP contribution in [-0.2, 0) is 18.1 Å². The van der Waals surface area contributed by atoms with E-state index in [1.807, 2.05) is 51.8 Å². The Morgan fingerprint density at radius 3 is 0.969 bits per heavy atom. The topological polar surface area (TPSA) is 115 Å². The maximum Gasteiger partial charge on any atom is 0.0568 e. The maximum absolute atomic E-state index is 4.20. The van der Waals surface area contributed by atoms with Gasteiger partial charge in [-0.15, -0.1) is 0 Å². The molecule has 718 valence electrons. The molecule has 11 rings (SSSR count). The van der Waals surface area contributed by atoms with Crippen LogP contribution in [0.2, 0.25) is 0 Å². The Morgan fingerprint density at radius 1 is 0.354 bits per heavy atom. The maximum atomic E-state index is 4.20. The first kappa shape index (κ1) is 120. The molecule has 2 aliphatic heterocycles. The van der Waals surface area contributed by atoms with Crippen LogP contribution in [-0.4, -0.2) is 146 Å². The Kier molecular flexibility index (Phi) is 54.2. The van der Waals surface area contributed by atoms with Gasteiger partial charge in [-0.1, -0.05) is 229 Å². The van der Waals surface area contributed by atoms with Crippen LogP contribution in [0.1, 0.15) is 342 Å². The van der Waals surface area contributed by atoms with Crippen molar-refractivity contribution >= 4 is 11.4 Å². The molecule has 0 spiro atoms. The van der Waals surface area contributed by atoms with Gasteiger partial charge in [-0.25, -0.2) is 0 Å². The van der Waals surface area contributed by atoms with E-state index in [0.29, 0.717) is 18.1 Å². The van der Waals surface area contributed by atoms with Gasteiger partial charge in [-0.3, -0.25) is 9.58 Å². The van der Waals surface area contributed by atoms with E-state index in [1.165, 1.54) is 163 Å². The molecule has 3 atom stereocenters. The van der Waals surface area contributed by atoms with Gasteiger partial charge in [0.1, 0.15) is 0 Å². The third-order valence-electron chi connectivity index (χ3n) is 21.0. The molecule has 1 unspecified atom stereocenters. The van der Waals surface area contributed by atoms with Crippen molar-refractivity contribution in [3.05, 3.63) is 243 Å². The van der Waals surface area contributed by atoms with Gasteiger partial charge in [-0.2, -0.15) is 5.10 Å². The highest BCUT2D eigenvalue weighted by molar-refractivity contribution is 5.62. The fraction of sp³-hybridized carbons (Fsp3) is 0.605. The molecular formula is C114H197N13.